The van der Waals surface area contributed by atoms with Crippen molar-refractivity contribution in [3.05, 3.63) is 52.3 Å². The number of halogens is 2. The SMILES string of the molecule is COc1cc(C#N)cc(Oc2c(Cl)ccc(CN)c2F)c1. The lowest BCUT2D eigenvalue weighted by atomic mass is 10.2. The molecule has 108 valence electrons. The summed E-state index contributed by atoms with van der Waals surface area (Å²) < 4.78 is 24.7. The number of hydrogen-bond acceptors (Lipinski definition) is 4. The summed E-state index contributed by atoms with van der Waals surface area (Å²) >= 11 is 5.95. The Bertz CT molecular complexity index is 714. The lowest BCUT2D eigenvalue weighted by Gasteiger charge is -2.12. The molecule has 0 heterocycles. The molecule has 21 heavy (non-hydrogen) atoms. The average molecular weight is 307 g/mol. The Hall–Kier alpha value is -2.29. The zero-order valence-electron chi connectivity index (χ0n) is 11.2. The maximum Gasteiger partial charge on any atom is 0.181 e. The average Bonchev–Trinajstić information content (AvgIpc) is 2.51. The van der Waals surface area contributed by atoms with E-state index in [1.54, 1.807) is 6.07 Å². The van der Waals surface area contributed by atoms with Gasteiger partial charge in [-0.15, -0.1) is 0 Å². The van der Waals surface area contributed by atoms with Gasteiger partial charge in [0.15, 0.2) is 11.6 Å². The Balaban J connectivity index is 2.45. The number of benzene rings is 2. The van der Waals surface area contributed by atoms with E-state index < -0.39 is 5.82 Å². The van der Waals surface area contributed by atoms with Gasteiger partial charge >= 0.3 is 0 Å². The number of hydrogen-bond donors (Lipinski definition) is 1. The monoisotopic (exact) mass is 306 g/mol. The van der Waals surface area contributed by atoms with Crippen molar-refractivity contribution in [1.82, 2.24) is 0 Å². The Labute approximate surface area is 126 Å². The molecule has 0 aliphatic rings. The highest BCUT2D eigenvalue weighted by molar-refractivity contribution is 6.32. The molecular formula is C15H12ClFN2O2. The summed E-state index contributed by atoms with van der Waals surface area (Å²) in [6.07, 6.45) is 0. The summed E-state index contributed by atoms with van der Waals surface area (Å²) in [6, 6.07) is 9.52. The first-order chi connectivity index (χ1) is 10.1. The zero-order chi connectivity index (χ0) is 15.4. The maximum absolute atomic E-state index is 14.2. The van der Waals surface area contributed by atoms with Gasteiger partial charge in [0, 0.05) is 18.2 Å². The fourth-order valence-corrected chi connectivity index (χ4v) is 1.94. The quantitative estimate of drug-likeness (QED) is 0.937. The minimum absolute atomic E-state index is 0.0287. The molecule has 0 bridgehead atoms. The molecule has 2 aromatic carbocycles. The van der Waals surface area contributed by atoms with Gasteiger partial charge in [-0.3, -0.25) is 0 Å². The summed E-state index contributed by atoms with van der Waals surface area (Å²) in [6.45, 7) is 0.0287. The van der Waals surface area contributed by atoms with Crippen LogP contribution < -0.4 is 15.2 Å². The zero-order valence-corrected chi connectivity index (χ0v) is 11.9. The molecule has 0 spiro atoms. The van der Waals surface area contributed by atoms with Crippen molar-refractivity contribution in [3.63, 3.8) is 0 Å². The van der Waals surface area contributed by atoms with Gasteiger partial charge < -0.3 is 15.2 Å². The topological polar surface area (TPSA) is 68.3 Å². The smallest absolute Gasteiger partial charge is 0.181 e. The summed E-state index contributed by atoms with van der Waals surface area (Å²) in [4.78, 5) is 0. The lowest BCUT2D eigenvalue weighted by Crippen LogP contribution is -2.02. The first-order valence-electron chi connectivity index (χ1n) is 6.03. The molecule has 0 saturated carbocycles. The van der Waals surface area contributed by atoms with Crippen LogP contribution in [0.5, 0.6) is 17.2 Å². The number of ether oxygens (including phenoxy) is 2. The normalized spacial score (nSPS) is 10.0. The van der Waals surface area contributed by atoms with E-state index >= 15 is 0 Å². The number of methoxy groups -OCH3 is 1. The van der Waals surface area contributed by atoms with E-state index in [1.165, 1.54) is 31.4 Å². The minimum atomic E-state index is -0.619. The van der Waals surface area contributed by atoms with Crippen LogP contribution in [0.4, 0.5) is 4.39 Å². The highest BCUT2D eigenvalue weighted by Crippen LogP contribution is 2.35. The van der Waals surface area contributed by atoms with E-state index in [-0.39, 0.29) is 28.6 Å². The molecule has 2 aromatic rings. The van der Waals surface area contributed by atoms with Crippen LogP contribution in [0.25, 0.3) is 0 Å². The fourth-order valence-electron chi connectivity index (χ4n) is 1.76. The van der Waals surface area contributed by atoms with E-state index in [0.717, 1.165) is 0 Å². The fraction of sp³-hybridized carbons (Fsp3) is 0.133. The van der Waals surface area contributed by atoms with Gasteiger partial charge in [0.2, 0.25) is 0 Å². The second-order valence-electron chi connectivity index (χ2n) is 4.16. The first kappa shape index (κ1) is 15.1. The van der Waals surface area contributed by atoms with Gasteiger partial charge in [-0.2, -0.15) is 5.26 Å². The van der Waals surface area contributed by atoms with Crippen LogP contribution in [-0.4, -0.2) is 7.11 Å². The second kappa shape index (κ2) is 6.44. The van der Waals surface area contributed by atoms with Crippen molar-refractivity contribution in [2.75, 3.05) is 7.11 Å². The van der Waals surface area contributed by atoms with Crippen molar-refractivity contribution in [3.8, 4) is 23.3 Å². The molecule has 2 rings (SSSR count). The highest BCUT2D eigenvalue weighted by atomic mass is 35.5. The van der Waals surface area contributed by atoms with Gasteiger partial charge in [-0.1, -0.05) is 17.7 Å². The summed E-state index contributed by atoms with van der Waals surface area (Å²) in [5, 5.41) is 9.08. The third-order valence-corrected chi connectivity index (χ3v) is 3.11. The van der Waals surface area contributed by atoms with Crippen molar-refractivity contribution < 1.29 is 13.9 Å². The molecule has 6 heteroatoms. The van der Waals surface area contributed by atoms with Crippen molar-refractivity contribution in [1.29, 1.82) is 5.26 Å². The number of rotatable bonds is 4. The number of nitrogens with two attached hydrogens (primary N) is 1. The Kier molecular flexibility index (Phi) is 4.63. The minimum Gasteiger partial charge on any atom is -0.497 e. The van der Waals surface area contributed by atoms with Gasteiger partial charge in [0.05, 0.1) is 23.8 Å². The lowest BCUT2D eigenvalue weighted by molar-refractivity contribution is 0.404. The van der Waals surface area contributed by atoms with Gasteiger partial charge in [0.1, 0.15) is 11.5 Å². The van der Waals surface area contributed by atoms with Crippen LogP contribution in [0.15, 0.2) is 30.3 Å². The van der Waals surface area contributed by atoms with Crippen LogP contribution in [0.3, 0.4) is 0 Å². The molecule has 0 unspecified atom stereocenters. The number of nitriles is 1. The van der Waals surface area contributed by atoms with Crippen molar-refractivity contribution in [2.24, 2.45) is 5.73 Å². The largest absolute Gasteiger partial charge is 0.497 e. The van der Waals surface area contributed by atoms with Gasteiger partial charge in [-0.25, -0.2) is 4.39 Å². The Morgan fingerprint density at radius 2 is 2.00 bits per heavy atom. The summed E-state index contributed by atoms with van der Waals surface area (Å²) in [5.74, 6) is -0.0699. The predicted molar refractivity (Wildman–Crippen MR) is 77.1 cm³/mol. The maximum atomic E-state index is 14.2. The summed E-state index contributed by atoms with van der Waals surface area (Å²) in [7, 11) is 1.46. The molecule has 0 aliphatic carbocycles. The molecular weight excluding hydrogens is 295 g/mol. The van der Waals surface area contributed by atoms with Crippen LogP contribution in [0.1, 0.15) is 11.1 Å². The van der Waals surface area contributed by atoms with Gasteiger partial charge in [-0.05, 0) is 18.2 Å². The molecule has 2 N–H and O–H groups in total. The molecule has 0 saturated heterocycles. The molecule has 0 aromatic heterocycles. The van der Waals surface area contributed by atoms with E-state index in [0.29, 0.717) is 11.3 Å². The van der Waals surface area contributed by atoms with Crippen LogP contribution >= 0.6 is 11.6 Å². The van der Waals surface area contributed by atoms with E-state index in [2.05, 4.69) is 0 Å². The second-order valence-corrected chi connectivity index (χ2v) is 4.57. The molecule has 4 nitrogen and oxygen atoms in total. The first-order valence-corrected chi connectivity index (χ1v) is 6.40. The van der Waals surface area contributed by atoms with Gasteiger partial charge in [0.25, 0.3) is 0 Å². The van der Waals surface area contributed by atoms with Crippen LogP contribution in [0, 0.1) is 17.1 Å². The predicted octanol–water partition coefficient (Wildman–Crippen LogP) is 3.61. The Morgan fingerprint density at radius 1 is 1.29 bits per heavy atom. The molecule has 0 radical (unpaired) electrons. The molecule has 0 atom stereocenters. The highest BCUT2D eigenvalue weighted by Gasteiger charge is 2.15. The van der Waals surface area contributed by atoms with E-state index in [4.69, 9.17) is 32.1 Å². The Morgan fingerprint density at radius 3 is 2.62 bits per heavy atom. The standard InChI is InChI=1S/C15H12ClFN2O2/c1-20-11-4-9(7-18)5-12(6-11)21-15-13(16)3-2-10(8-19)14(15)17/h2-6H,8,19H2,1H3. The van der Waals surface area contributed by atoms with E-state index in [9.17, 15) is 4.39 Å². The molecule has 0 fully saturated rings. The van der Waals surface area contributed by atoms with Crippen molar-refractivity contribution >= 4 is 11.6 Å². The summed E-state index contributed by atoms with van der Waals surface area (Å²) in [5.41, 5.74) is 6.07. The third kappa shape index (κ3) is 3.24. The van der Waals surface area contributed by atoms with E-state index in [1.807, 2.05) is 6.07 Å². The van der Waals surface area contributed by atoms with Crippen LogP contribution in [-0.2, 0) is 6.54 Å². The van der Waals surface area contributed by atoms with Crippen LogP contribution in [0.2, 0.25) is 5.02 Å². The molecule has 0 amide bonds. The van der Waals surface area contributed by atoms with Crippen molar-refractivity contribution in [2.45, 2.75) is 6.54 Å². The third-order valence-electron chi connectivity index (χ3n) is 2.81. The molecule has 0 aliphatic heterocycles. The number of nitrogens with zero attached hydrogens (tertiary/aromatic N) is 1.